The lowest BCUT2D eigenvalue weighted by Crippen LogP contribution is -2.24. The Kier molecular flexibility index (Phi) is 5.62. The molecule has 0 atom stereocenters. The minimum Gasteiger partial charge on any atom is -0.494 e. The second-order valence-corrected chi connectivity index (χ2v) is 5.40. The zero-order chi connectivity index (χ0) is 15.9. The summed E-state index contributed by atoms with van der Waals surface area (Å²) in [4.78, 5) is 12.0. The van der Waals surface area contributed by atoms with Crippen LogP contribution in [0.15, 0.2) is 41.2 Å². The zero-order valence-corrected chi connectivity index (χ0v) is 13.1. The maximum atomic E-state index is 12.0. The molecule has 0 radical (unpaired) electrons. The van der Waals surface area contributed by atoms with E-state index in [9.17, 15) is 4.79 Å². The number of halogens is 1. The average Bonchev–Trinajstić information content (AvgIpc) is 2.52. The minimum atomic E-state index is -0.221. The molecule has 2 aromatic rings. The topological polar surface area (TPSA) is 55.0 Å². The van der Waals surface area contributed by atoms with Gasteiger partial charge in [-0.25, -0.2) is 0 Å². The fraction of sp³-hybridized carbons (Fsp3) is 0.294. The second kappa shape index (κ2) is 7.67. The van der Waals surface area contributed by atoms with Gasteiger partial charge in [-0.05, 0) is 56.2 Å². The monoisotopic (exact) mass is 316 g/mol. The molecule has 0 spiro atoms. The molecule has 0 unspecified atom stereocenters. The van der Waals surface area contributed by atoms with Crippen LogP contribution in [0.1, 0.15) is 24.1 Å². The van der Waals surface area contributed by atoms with Crippen molar-refractivity contribution in [2.75, 3.05) is 6.61 Å². The van der Waals surface area contributed by atoms with Gasteiger partial charge in [0.25, 0.3) is 5.56 Å². The first kappa shape index (κ1) is 16.1. The van der Waals surface area contributed by atoms with Gasteiger partial charge in [0.15, 0.2) is 0 Å². The Morgan fingerprint density at radius 2 is 1.91 bits per heavy atom. The Hall–Kier alpha value is -2.25. The van der Waals surface area contributed by atoms with Crippen molar-refractivity contribution in [2.45, 2.75) is 26.3 Å². The number of hydrogen-bond donors (Lipinski definition) is 0. The summed E-state index contributed by atoms with van der Waals surface area (Å²) in [5.41, 5.74) is 0.826. The van der Waals surface area contributed by atoms with E-state index in [0.29, 0.717) is 18.2 Å². The van der Waals surface area contributed by atoms with Gasteiger partial charge in [0, 0.05) is 17.3 Å². The molecule has 0 bridgehead atoms. The van der Waals surface area contributed by atoms with E-state index in [-0.39, 0.29) is 11.1 Å². The van der Waals surface area contributed by atoms with Gasteiger partial charge in [0.05, 0.1) is 6.61 Å². The van der Waals surface area contributed by atoms with Crippen LogP contribution in [-0.4, -0.2) is 11.2 Å². The van der Waals surface area contributed by atoms with Gasteiger partial charge < -0.3 is 9.30 Å². The van der Waals surface area contributed by atoms with Gasteiger partial charge in [-0.2, -0.15) is 5.26 Å². The van der Waals surface area contributed by atoms with E-state index in [1.807, 2.05) is 25.1 Å². The van der Waals surface area contributed by atoms with Crippen molar-refractivity contribution in [1.82, 2.24) is 4.57 Å². The molecule has 2 rings (SSSR count). The standard InChI is InChI=1S/C17H17ClN2O2/c1-13-4-5-14(12-19)17(21)20(13)10-2-3-11-22-16-8-6-15(18)7-9-16/h4-9H,2-3,10-11H2,1H3. The highest BCUT2D eigenvalue weighted by Gasteiger charge is 2.05. The number of ether oxygens (including phenoxy) is 1. The fourth-order valence-electron chi connectivity index (χ4n) is 2.13. The van der Waals surface area contributed by atoms with Crippen LogP contribution in [0.5, 0.6) is 5.75 Å². The molecule has 0 fully saturated rings. The number of aromatic nitrogens is 1. The van der Waals surface area contributed by atoms with Crippen molar-refractivity contribution in [3.05, 3.63) is 63.0 Å². The number of hydrogen-bond acceptors (Lipinski definition) is 3. The van der Waals surface area contributed by atoms with Crippen LogP contribution >= 0.6 is 11.6 Å². The van der Waals surface area contributed by atoms with Crippen LogP contribution in [0.25, 0.3) is 0 Å². The molecule has 0 aliphatic heterocycles. The highest BCUT2D eigenvalue weighted by molar-refractivity contribution is 6.30. The van der Waals surface area contributed by atoms with Gasteiger partial charge in [0.1, 0.15) is 17.4 Å². The molecule has 0 aliphatic rings. The van der Waals surface area contributed by atoms with Gasteiger partial charge in [-0.3, -0.25) is 4.79 Å². The predicted octanol–water partition coefficient (Wildman–Crippen LogP) is 3.54. The van der Waals surface area contributed by atoms with Crippen molar-refractivity contribution in [1.29, 1.82) is 5.26 Å². The van der Waals surface area contributed by atoms with E-state index in [1.54, 1.807) is 28.8 Å². The molecule has 22 heavy (non-hydrogen) atoms. The summed E-state index contributed by atoms with van der Waals surface area (Å²) in [6.45, 7) is 3.03. The van der Waals surface area contributed by atoms with Crippen LogP contribution < -0.4 is 10.3 Å². The summed E-state index contributed by atoms with van der Waals surface area (Å²) in [6.07, 6.45) is 1.63. The quantitative estimate of drug-likeness (QED) is 0.766. The first-order valence-corrected chi connectivity index (χ1v) is 7.48. The minimum absolute atomic E-state index is 0.183. The summed E-state index contributed by atoms with van der Waals surface area (Å²) in [7, 11) is 0. The first-order valence-electron chi connectivity index (χ1n) is 7.11. The van der Waals surface area contributed by atoms with E-state index < -0.39 is 0 Å². The normalized spacial score (nSPS) is 10.2. The first-order chi connectivity index (χ1) is 10.6. The number of unbranched alkanes of at least 4 members (excludes halogenated alkanes) is 1. The van der Waals surface area contributed by atoms with E-state index in [0.717, 1.165) is 24.3 Å². The number of aryl methyl sites for hydroxylation is 1. The van der Waals surface area contributed by atoms with Crippen molar-refractivity contribution in [3.63, 3.8) is 0 Å². The summed E-state index contributed by atoms with van der Waals surface area (Å²) >= 11 is 5.81. The molecule has 0 saturated carbocycles. The van der Waals surface area contributed by atoms with Crippen molar-refractivity contribution < 1.29 is 4.74 Å². The Morgan fingerprint density at radius 3 is 2.59 bits per heavy atom. The highest BCUT2D eigenvalue weighted by Crippen LogP contribution is 2.15. The molecule has 5 heteroatoms. The van der Waals surface area contributed by atoms with E-state index >= 15 is 0 Å². The van der Waals surface area contributed by atoms with Gasteiger partial charge in [-0.15, -0.1) is 0 Å². The summed E-state index contributed by atoms with van der Waals surface area (Å²) in [6, 6.07) is 12.5. The summed E-state index contributed by atoms with van der Waals surface area (Å²) in [5, 5.41) is 9.58. The third-order valence-corrected chi connectivity index (χ3v) is 3.62. The van der Waals surface area contributed by atoms with Gasteiger partial charge in [-0.1, -0.05) is 11.6 Å². The number of nitrogens with zero attached hydrogens (tertiary/aromatic N) is 2. The summed E-state index contributed by atoms with van der Waals surface area (Å²) < 4.78 is 7.25. The maximum Gasteiger partial charge on any atom is 0.268 e. The molecule has 1 aromatic carbocycles. The molecular formula is C17H17ClN2O2. The number of benzene rings is 1. The molecule has 0 aliphatic carbocycles. The fourth-order valence-corrected chi connectivity index (χ4v) is 2.25. The Bertz CT molecular complexity index is 730. The SMILES string of the molecule is Cc1ccc(C#N)c(=O)n1CCCCOc1ccc(Cl)cc1. The smallest absolute Gasteiger partial charge is 0.268 e. The summed E-state index contributed by atoms with van der Waals surface area (Å²) in [5.74, 6) is 0.782. The number of nitriles is 1. The third-order valence-electron chi connectivity index (χ3n) is 3.37. The molecule has 0 saturated heterocycles. The van der Waals surface area contributed by atoms with Crippen LogP contribution in [0, 0.1) is 18.3 Å². The maximum absolute atomic E-state index is 12.0. The molecule has 114 valence electrons. The zero-order valence-electron chi connectivity index (χ0n) is 12.4. The molecule has 0 N–H and O–H groups in total. The molecule has 1 aromatic heterocycles. The van der Waals surface area contributed by atoms with E-state index in [1.165, 1.54) is 0 Å². The molecular weight excluding hydrogens is 300 g/mol. The number of pyridine rings is 1. The lowest BCUT2D eigenvalue weighted by molar-refractivity contribution is 0.302. The Morgan fingerprint density at radius 1 is 1.18 bits per heavy atom. The van der Waals surface area contributed by atoms with E-state index in [2.05, 4.69) is 0 Å². The highest BCUT2D eigenvalue weighted by atomic mass is 35.5. The van der Waals surface area contributed by atoms with Gasteiger partial charge >= 0.3 is 0 Å². The number of rotatable bonds is 6. The Labute approximate surface area is 134 Å². The van der Waals surface area contributed by atoms with Crippen LogP contribution in [0.2, 0.25) is 5.02 Å². The van der Waals surface area contributed by atoms with E-state index in [4.69, 9.17) is 21.6 Å². The lowest BCUT2D eigenvalue weighted by atomic mass is 10.2. The van der Waals surface area contributed by atoms with Crippen molar-refractivity contribution in [2.24, 2.45) is 0 Å². The van der Waals surface area contributed by atoms with Gasteiger partial charge in [0.2, 0.25) is 0 Å². The second-order valence-electron chi connectivity index (χ2n) is 4.97. The lowest BCUT2D eigenvalue weighted by Gasteiger charge is -2.10. The van der Waals surface area contributed by atoms with Crippen LogP contribution in [0.3, 0.4) is 0 Å². The molecule has 0 amide bonds. The van der Waals surface area contributed by atoms with Crippen molar-refractivity contribution in [3.8, 4) is 11.8 Å². The largest absolute Gasteiger partial charge is 0.494 e. The van der Waals surface area contributed by atoms with Crippen LogP contribution in [-0.2, 0) is 6.54 Å². The average molecular weight is 317 g/mol. The third kappa shape index (κ3) is 4.12. The Balaban J connectivity index is 1.83. The molecule has 4 nitrogen and oxygen atoms in total. The molecule has 1 heterocycles. The van der Waals surface area contributed by atoms with Crippen molar-refractivity contribution >= 4 is 11.6 Å². The van der Waals surface area contributed by atoms with Crippen LogP contribution in [0.4, 0.5) is 0 Å². The predicted molar refractivity (Wildman–Crippen MR) is 86.3 cm³/mol.